The summed E-state index contributed by atoms with van der Waals surface area (Å²) in [5.41, 5.74) is 2.01. The van der Waals surface area contributed by atoms with Crippen LogP contribution in [0.15, 0.2) is 23.0 Å². The number of aromatic amines is 1. The first-order valence-corrected chi connectivity index (χ1v) is 5.44. The second kappa shape index (κ2) is 4.08. The third-order valence-corrected chi connectivity index (χ3v) is 2.65. The maximum Gasteiger partial charge on any atom is 0.326 e. The Hall–Kier alpha value is -2.04. The second-order valence-corrected chi connectivity index (χ2v) is 4.32. The maximum absolute atomic E-state index is 11.7. The molecule has 0 fully saturated rings. The molecule has 2 N–H and O–H groups in total. The lowest BCUT2D eigenvalue weighted by Gasteiger charge is -2.06. The number of carboxylic acid groups (broad SMARTS) is 1. The minimum Gasteiger partial charge on any atom is -0.481 e. The zero-order chi connectivity index (χ0) is 12.6. The number of benzene rings is 1. The van der Waals surface area contributed by atoms with Gasteiger partial charge in [0.15, 0.2) is 0 Å². The number of aliphatic carboxylic acids is 1. The van der Waals surface area contributed by atoms with Crippen LogP contribution in [-0.4, -0.2) is 20.6 Å². The molecule has 0 aliphatic rings. The minimum absolute atomic E-state index is 0.0369. The van der Waals surface area contributed by atoms with Crippen molar-refractivity contribution < 1.29 is 9.90 Å². The molecule has 0 aliphatic carbocycles. The van der Waals surface area contributed by atoms with Crippen molar-refractivity contribution in [2.45, 2.75) is 26.3 Å². The Morgan fingerprint density at radius 1 is 1.47 bits per heavy atom. The molecule has 0 saturated carbocycles. The van der Waals surface area contributed by atoms with Gasteiger partial charge in [-0.2, -0.15) is 0 Å². The Morgan fingerprint density at radius 3 is 2.76 bits per heavy atom. The second-order valence-electron chi connectivity index (χ2n) is 4.32. The van der Waals surface area contributed by atoms with E-state index in [9.17, 15) is 9.59 Å². The maximum atomic E-state index is 11.7. The molecule has 2 rings (SSSR count). The van der Waals surface area contributed by atoms with Gasteiger partial charge in [0.1, 0.15) is 0 Å². The van der Waals surface area contributed by atoms with Gasteiger partial charge in [0, 0.05) is 6.04 Å². The number of imidazole rings is 1. The zero-order valence-electron chi connectivity index (χ0n) is 9.73. The number of carbonyl (C=O) groups is 1. The van der Waals surface area contributed by atoms with E-state index < -0.39 is 5.97 Å². The summed E-state index contributed by atoms with van der Waals surface area (Å²) in [6, 6.07) is 5.30. The van der Waals surface area contributed by atoms with Crippen LogP contribution in [0.3, 0.4) is 0 Å². The van der Waals surface area contributed by atoms with Gasteiger partial charge in [0.2, 0.25) is 0 Å². The van der Waals surface area contributed by atoms with Crippen LogP contribution in [0.5, 0.6) is 0 Å². The summed E-state index contributed by atoms with van der Waals surface area (Å²) in [6.07, 6.45) is -0.0369. The third-order valence-electron chi connectivity index (χ3n) is 2.65. The van der Waals surface area contributed by atoms with E-state index in [1.54, 1.807) is 22.8 Å². The van der Waals surface area contributed by atoms with Gasteiger partial charge < -0.3 is 10.1 Å². The largest absolute Gasteiger partial charge is 0.481 e. The lowest BCUT2D eigenvalue weighted by atomic mass is 10.1. The van der Waals surface area contributed by atoms with Crippen LogP contribution < -0.4 is 5.69 Å². The number of aromatic nitrogens is 2. The summed E-state index contributed by atoms with van der Waals surface area (Å²) in [4.78, 5) is 25.0. The predicted octanol–water partition coefficient (Wildman–Crippen LogP) is 1.54. The minimum atomic E-state index is -0.880. The molecule has 1 aromatic carbocycles. The Kier molecular flexibility index (Phi) is 2.75. The molecule has 5 heteroatoms. The lowest BCUT2D eigenvalue weighted by molar-refractivity contribution is -0.136. The average molecular weight is 234 g/mol. The van der Waals surface area contributed by atoms with Gasteiger partial charge in [-0.15, -0.1) is 0 Å². The van der Waals surface area contributed by atoms with Crippen molar-refractivity contribution >= 4 is 17.0 Å². The molecule has 90 valence electrons. The van der Waals surface area contributed by atoms with Crippen LogP contribution in [0.4, 0.5) is 0 Å². The number of hydrogen-bond donors (Lipinski definition) is 2. The van der Waals surface area contributed by atoms with E-state index in [2.05, 4.69) is 4.98 Å². The van der Waals surface area contributed by atoms with E-state index >= 15 is 0 Å². The average Bonchev–Trinajstić information content (AvgIpc) is 2.51. The monoisotopic (exact) mass is 234 g/mol. The molecule has 2 aromatic rings. The number of nitrogens with one attached hydrogen (secondary N) is 1. The molecule has 0 bridgehead atoms. The standard InChI is InChI=1S/C12H14N2O3/c1-7(2)14-10-4-3-8(6-11(15)16)5-9(10)13-12(14)17/h3-5,7H,6H2,1-2H3,(H,13,17)(H,15,16). The van der Waals surface area contributed by atoms with E-state index in [0.717, 1.165) is 5.52 Å². The number of fused-ring (bicyclic) bond motifs is 1. The van der Waals surface area contributed by atoms with Crippen LogP contribution in [-0.2, 0) is 11.2 Å². The Labute approximate surface area is 97.7 Å². The number of rotatable bonds is 3. The fourth-order valence-corrected chi connectivity index (χ4v) is 1.98. The van der Waals surface area contributed by atoms with Crippen LogP contribution in [0.2, 0.25) is 0 Å². The highest BCUT2D eigenvalue weighted by molar-refractivity contribution is 5.78. The van der Waals surface area contributed by atoms with Crippen LogP contribution in [0.1, 0.15) is 25.5 Å². The molecule has 0 amide bonds. The number of hydrogen-bond acceptors (Lipinski definition) is 2. The van der Waals surface area contributed by atoms with Gasteiger partial charge in [-0.05, 0) is 31.5 Å². The van der Waals surface area contributed by atoms with Gasteiger partial charge in [-0.1, -0.05) is 6.07 Å². The lowest BCUT2D eigenvalue weighted by Crippen LogP contribution is -2.18. The molecule has 17 heavy (non-hydrogen) atoms. The quantitative estimate of drug-likeness (QED) is 0.845. The first kappa shape index (κ1) is 11.4. The van der Waals surface area contributed by atoms with Gasteiger partial charge in [-0.3, -0.25) is 9.36 Å². The molecular weight excluding hydrogens is 220 g/mol. The van der Waals surface area contributed by atoms with Crippen molar-refractivity contribution in [2.75, 3.05) is 0 Å². The molecule has 0 atom stereocenters. The van der Waals surface area contributed by atoms with Gasteiger partial charge in [0.25, 0.3) is 0 Å². The van der Waals surface area contributed by atoms with Crippen molar-refractivity contribution in [3.05, 3.63) is 34.2 Å². The summed E-state index contributed by atoms with van der Waals surface area (Å²) >= 11 is 0. The van der Waals surface area contributed by atoms with Gasteiger partial charge >= 0.3 is 11.7 Å². The predicted molar refractivity (Wildman–Crippen MR) is 64.3 cm³/mol. The van der Waals surface area contributed by atoms with E-state index in [4.69, 9.17) is 5.11 Å². The van der Waals surface area contributed by atoms with Crippen LogP contribution in [0, 0.1) is 0 Å². The molecular formula is C12H14N2O3. The fraction of sp³-hybridized carbons (Fsp3) is 0.333. The van der Waals surface area contributed by atoms with E-state index in [1.807, 2.05) is 13.8 Å². The highest BCUT2D eigenvalue weighted by atomic mass is 16.4. The first-order valence-electron chi connectivity index (χ1n) is 5.44. The number of nitrogens with zero attached hydrogens (tertiary/aromatic N) is 1. The number of H-pyrrole nitrogens is 1. The molecule has 5 nitrogen and oxygen atoms in total. The summed E-state index contributed by atoms with van der Waals surface area (Å²) in [5.74, 6) is -0.880. The summed E-state index contributed by atoms with van der Waals surface area (Å²) in [5, 5.41) is 8.71. The van der Waals surface area contributed by atoms with Crippen molar-refractivity contribution in [1.29, 1.82) is 0 Å². The topological polar surface area (TPSA) is 75.1 Å². The van der Waals surface area contributed by atoms with E-state index in [-0.39, 0.29) is 18.2 Å². The SMILES string of the molecule is CC(C)n1c(=O)[nH]c2cc(CC(=O)O)ccc21. The van der Waals surface area contributed by atoms with Gasteiger partial charge in [0.05, 0.1) is 17.5 Å². The summed E-state index contributed by atoms with van der Waals surface area (Å²) in [7, 11) is 0. The molecule has 0 spiro atoms. The van der Waals surface area contributed by atoms with Crippen molar-refractivity contribution in [2.24, 2.45) is 0 Å². The molecule has 0 unspecified atom stereocenters. The van der Waals surface area contributed by atoms with Crippen molar-refractivity contribution in [3.8, 4) is 0 Å². The molecule has 0 saturated heterocycles. The van der Waals surface area contributed by atoms with Crippen LogP contribution >= 0.6 is 0 Å². The highest BCUT2D eigenvalue weighted by Gasteiger charge is 2.10. The van der Waals surface area contributed by atoms with Crippen LogP contribution in [0.25, 0.3) is 11.0 Å². The first-order chi connectivity index (χ1) is 7.99. The normalized spacial score (nSPS) is 11.2. The van der Waals surface area contributed by atoms with E-state index in [1.165, 1.54) is 0 Å². The van der Waals surface area contributed by atoms with Crippen molar-refractivity contribution in [1.82, 2.24) is 9.55 Å². The van der Waals surface area contributed by atoms with Gasteiger partial charge in [-0.25, -0.2) is 4.79 Å². The molecule has 0 aliphatic heterocycles. The Bertz CT molecular complexity index is 622. The Balaban J connectivity index is 2.57. The molecule has 0 radical (unpaired) electrons. The fourth-order valence-electron chi connectivity index (χ4n) is 1.98. The summed E-state index contributed by atoms with van der Waals surface area (Å²) in [6.45, 7) is 3.86. The molecule has 1 aromatic heterocycles. The summed E-state index contributed by atoms with van der Waals surface area (Å²) < 4.78 is 1.65. The highest BCUT2D eigenvalue weighted by Crippen LogP contribution is 2.16. The number of carboxylic acids is 1. The van der Waals surface area contributed by atoms with Crippen molar-refractivity contribution in [3.63, 3.8) is 0 Å². The Morgan fingerprint density at radius 2 is 2.18 bits per heavy atom. The zero-order valence-corrected chi connectivity index (χ0v) is 9.73. The third kappa shape index (κ3) is 2.08. The van der Waals surface area contributed by atoms with E-state index in [0.29, 0.717) is 11.1 Å². The smallest absolute Gasteiger partial charge is 0.326 e. The molecule has 1 heterocycles.